The van der Waals surface area contributed by atoms with Crippen LogP contribution in [0.5, 0.6) is 11.5 Å². The Morgan fingerprint density at radius 3 is 1.97 bits per heavy atom. The van der Waals surface area contributed by atoms with Crippen LogP contribution in [-0.2, 0) is 14.3 Å². The summed E-state index contributed by atoms with van der Waals surface area (Å²) in [4.78, 5) is 39.3. The van der Waals surface area contributed by atoms with Gasteiger partial charge < -0.3 is 34.8 Å². The second-order valence-electron chi connectivity index (χ2n) is 10.0. The van der Waals surface area contributed by atoms with Gasteiger partial charge in [0.25, 0.3) is 0 Å². The maximum Gasteiger partial charge on any atom is 0.319 e. The normalized spacial score (nSPS) is 28.6. The van der Waals surface area contributed by atoms with Crippen molar-refractivity contribution < 1.29 is 43.9 Å². The SMILES string of the molecule is CC1CNC(=O)N([C@@H]2O[C@H](CO)[C@](O)(CCC(=O)Oc3ccccc3)[C@]2(O)CCC(=O)Oc2ccccc2)C1. The van der Waals surface area contributed by atoms with E-state index in [1.54, 1.807) is 60.7 Å². The first-order valence-electron chi connectivity index (χ1n) is 12.9. The number of benzene rings is 2. The second-order valence-corrected chi connectivity index (χ2v) is 10.0. The Balaban J connectivity index is 1.57. The maximum absolute atomic E-state index is 12.8. The number of rotatable bonds is 10. The van der Waals surface area contributed by atoms with Gasteiger partial charge in [-0.25, -0.2) is 4.79 Å². The Morgan fingerprint density at radius 2 is 1.46 bits per heavy atom. The van der Waals surface area contributed by atoms with Gasteiger partial charge in [-0.05, 0) is 43.0 Å². The molecule has 2 heterocycles. The molecule has 0 aliphatic carbocycles. The van der Waals surface area contributed by atoms with Crippen LogP contribution in [0.3, 0.4) is 0 Å². The van der Waals surface area contributed by atoms with Gasteiger partial charge in [-0.1, -0.05) is 43.3 Å². The van der Waals surface area contributed by atoms with Gasteiger partial charge in [-0.3, -0.25) is 14.5 Å². The predicted octanol–water partition coefficient (Wildman–Crippen LogP) is 1.60. The second kappa shape index (κ2) is 12.1. The van der Waals surface area contributed by atoms with Crippen LogP contribution in [-0.4, -0.2) is 81.4 Å². The van der Waals surface area contributed by atoms with Crippen LogP contribution in [0.1, 0.15) is 32.6 Å². The number of nitrogens with zero attached hydrogens (tertiary/aromatic N) is 1. The number of hydrogen-bond acceptors (Lipinski definition) is 9. The van der Waals surface area contributed by atoms with Gasteiger partial charge in [0.2, 0.25) is 0 Å². The van der Waals surface area contributed by atoms with Gasteiger partial charge in [0, 0.05) is 25.9 Å². The van der Waals surface area contributed by atoms with Crippen molar-refractivity contribution in [2.75, 3.05) is 19.7 Å². The molecule has 0 bridgehead atoms. The molecule has 2 aromatic rings. The quantitative estimate of drug-likeness (QED) is 0.259. The molecule has 2 aliphatic heterocycles. The first-order chi connectivity index (χ1) is 18.7. The average molecular weight is 543 g/mol. The fourth-order valence-corrected chi connectivity index (χ4v) is 5.09. The minimum absolute atomic E-state index is 0.000662. The summed E-state index contributed by atoms with van der Waals surface area (Å²) in [6.07, 6.45) is -4.18. The molecule has 0 saturated carbocycles. The van der Waals surface area contributed by atoms with E-state index in [0.29, 0.717) is 18.0 Å². The fraction of sp³-hybridized carbons (Fsp3) is 0.464. The Bertz CT molecular complexity index is 1150. The lowest BCUT2D eigenvalue weighted by atomic mass is 9.74. The molecule has 210 valence electrons. The zero-order valence-electron chi connectivity index (χ0n) is 21.7. The van der Waals surface area contributed by atoms with Crippen LogP contribution < -0.4 is 14.8 Å². The molecule has 2 amide bonds. The number of amides is 2. The van der Waals surface area contributed by atoms with Crippen molar-refractivity contribution in [2.45, 2.75) is 56.1 Å². The molecule has 0 radical (unpaired) electrons. The molecule has 4 rings (SSSR count). The van der Waals surface area contributed by atoms with Gasteiger partial charge in [-0.15, -0.1) is 0 Å². The Kier molecular flexibility index (Phi) is 8.86. The smallest absolute Gasteiger partial charge is 0.319 e. The third kappa shape index (κ3) is 6.22. The van der Waals surface area contributed by atoms with E-state index in [-0.39, 0.29) is 38.1 Å². The topological polar surface area (TPSA) is 155 Å². The summed E-state index contributed by atoms with van der Waals surface area (Å²) in [6.45, 7) is 1.82. The van der Waals surface area contributed by atoms with E-state index in [2.05, 4.69) is 5.32 Å². The van der Waals surface area contributed by atoms with Gasteiger partial charge >= 0.3 is 18.0 Å². The molecule has 5 atom stereocenters. The summed E-state index contributed by atoms with van der Waals surface area (Å²) in [6, 6.07) is 16.2. The minimum atomic E-state index is -2.24. The molecule has 0 spiro atoms. The number of carbonyl (C=O) groups is 3. The maximum atomic E-state index is 12.8. The standard InChI is InChI=1S/C28H34N2O9/c1-19-16-29-26(34)30(17-19)25-28(36,15-13-24(33)38-21-10-6-3-7-11-21)27(35,22(18-31)39-25)14-12-23(32)37-20-8-4-2-5-9-20/h2-11,19,22,25,31,35-36H,12-18H2,1H3,(H,29,34)/t19?,22-,25-,27-,28+/m1/s1. The lowest BCUT2D eigenvalue weighted by Gasteiger charge is -2.45. The Hall–Kier alpha value is -3.51. The van der Waals surface area contributed by atoms with E-state index in [9.17, 15) is 29.7 Å². The van der Waals surface area contributed by atoms with Crippen molar-refractivity contribution in [3.8, 4) is 11.5 Å². The summed E-state index contributed by atoms with van der Waals surface area (Å²) >= 11 is 0. The molecule has 2 aromatic carbocycles. The van der Waals surface area contributed by atoms with Crippen LogP contribution in [0, 0.1) is 5.92 Å². The van der Waals surface area contributed by atoms with Crippen molar-refractivity contribution in [3.05, 3.63) is 60.7 Å². The van der Waals surface area contributed by atoms with Crippen molar-refractivity contribution in [1.29, 1.82) is 0 Å². The zero-order valence-corrected chi connectivity index (χ0v) is 21.7. The van der Waals surface area contributed by atoms with Crippen LogP contribution in [0.15, 0.2) is 60.7 Å². The largest absolute Gasteiger partial charge is 0.427 e. The molecule has 1 unspecified atom stereocenters. The fourth-order valence-electron chi connectivity index (χ4n) is 5.09. The van der Waals surface area contributed by atoms with E-state index < -0.39 is 48.1 Å². The van der Waals surface area contributed by atoms with Crippen molar-refractivity contribution in [1.82, 2.24) is 10.2 Å². The molecule has 39 heavy (non-hydrogen) atoms. The van der Waals surface area contributed by atoms with Crippen LogP contribution in [0.25, 0.3) is 0 Å². The zero-order chi connectivity index (χ0) is 28.0. The number of hydrogen-bond donors (Lipinski definition) is 4. The molecule has 0 aromatic heterocycles. The first kappa shape index (κ1) is 28.5. The monoisotopic (exact) mass is 542 g/mol. The van der Waals surface area contributed by atoms with Gasteiger partial charge in [0.1, 0.15) is 28.8 Å². The molecule has 11 heteroatoms. The number of aliphatic hydroxyl groups excluding tert-OH is 1. The summed E-state index contributed by atoms with van der Waals surface area (Å²) in [5, 5.41) is 36.8. The first-order valence-corrected chi connectivity index (χ1v) is 12.9. The lowest BCUT2D eigenvalue weighted by molar-refractivity contribution is -0.177. The molecular weight excluding hydrogens is 508 g/mol. The lowest BCUT2D eigenvalue weighted by Crippen LogP contribution is -2.66. The molecule has 2 aliphatic rings. The molecule has 2 saturated heterocycles. The number of esters is 2. The molecule has 2 fully saturated rings. The van der Waals surface area contributed by atoms with Gasteiger partial charge in [0.15, 0.2) is 6.23 Å². The van der Waals surface area contributed by atoms with Crippen molar-refractivity contribution in [3.63, 3.8) is 0 Å². The average Bonchev–Trinajstić information content (AvgIpc) is 3.15. The van der Waals surface area contributed by atoms with E-state index in [1.807, 2.05) is 6.92 Å². The molecule has 4 N–H and O–H groups in total. The molecule has 11 nitrogen and oxygen atoms in total. The van der Waals surface area contributed by atoms with E-state index in [0.717, 1.165) is 0 Å². The molecular formula is C28H34N2O9. The van der Waals surface area contributed by atoms with Crippen LogP contribution in [0.4, 0.5) is 4.79 Å². The number of para-hydroxylation sites is 2. The summed E-state index contributed by atoms with van der Waals surface area (Å²) in [5.74, 6) is -0.731. The van der Waals surface area contributed by atoms with E-state index in [1.165, 1.54) is 4.90 Å². The van der Waals surface area contributed by atoms with Gasteiger partial charge in [0.05, 0.1) is 6.61 Å². The number of aliphatic hydroxyl groups is 3. The predicted molar refractivity (Wildman–Crippen MR) is 138 cm³/mol. The third-order valence-electron chi connectivity index (χ3n) is 7.17. The highest BCUT2D eigenvalue weighted by Gasteiger charge is 2.67. The van der Waals surface area contributed by atoms with Crippen LogP contribution in [0.2, 0.25) is 0 Å². The van der Waals surface area contributed by atoms with Crippen molar-refractivity contribution in [2.24, 2.45) is 5.92 Å². The van der Waals surface area contributed by atoms with E-state index >= 15 is 0 Å². The summed E-state index contributed by atoms with van der Waals surface area (Å²) in [5.41, 5.74) is -4.45. The summed E-state index contributed by atoms with van der Waals surface area (Å²) < 4.78 is 16.6. The number of carbonyl (C=O) groups excluding carboxylic acids is 3. The summed E-state index contributed by atoms with van der Waals surface area (Å²) in [7, 11) is 0. The third-order valence-corrected chi connectivity index (χ3v) is 7.17. The highest BCUT2D eigenvalue weighted by atomic mass is 16.6. The highest BCUT2D eigenvalue weighted by Crippen LogP contribution is 2.47. The number of urea groups is 1. The van der Waals surface area contributed by atoms with Crippen molar-refractivity contribution >= 4 is 18.0 Å². The Morgan fingerprint density at radius 1 is 0.949 bits per heavy atom. The van der Waals surface area contributed by atoms with Crippen LogP contribution >= 0.6 is 0 Å². The Labute approximate surface area is 226 Å². The highest BCUT2D eigenvalue weighted by molar-refractivity contribution is 5.76. The number of nitrogens with one attached hydrogen (secondary N) is 1. The minimum Gasteiger partial charge on any atom is -0.427 e. The van der Waals surface area contributed by atoms with Gasteiger partial charge in [-0.2, -0.15) is 0 Å². The number of ether oxygens (including phenoxy) is 3. The van der Waals surface area contributed by atoms with E-state index in [4.69, 9.17) is 14.2 Å².